The zero-order valence-corrected chi connectivity index (χ0v) is 8.64. The number of rotatable bonds is 3. The standard InChI is InChI=1S/C10H12BrF/c1-8(11)6-7-9-4-2-3-5-10(9)12/h2-5,8H,6-7H2,1H3. The lowest BCUT2D eigenvalue weighted by Crippen LogP contribution is -1.96. The maximum Gasteiger partial charge on any atom is 0.126 e. The number of halogens is 2. The molecule has 12 heavy (non-hydrogen) atoms. The molecule has 66 valence electrons. The van der Waals surface area contributed by atoms with Crippen molar-refractivity contribution in [3.63, 3.8) is 0 Å². The molecule has 1 aromatic rings. The summed E-state index contributed by atoms with van der Waals surface area (Å²) in [4.78, 5) is 0.456. The third kappa shape index (κ3) is 2.94. The van der Waals surface area contributed by atoms with Crippen molar-refractivity contribution in [2.45, 2.75) is 24.6 Å². The van der Waals surface area contributed by atoms with Gasteiger partial charge in [-0.3, -0.25) is 0 Å². The monoisotopic (exact) mass is 230 g/mol. The van der Waals surface area contributed by atoms with E-state index >= 15 is 0 Å². The average Bonchev–Trinajstić information content (AvgIpc) is 2.03. The van der Waals surface area contributed by atoms with Crippen molar-refractivity contribution in [1.82, 2.24) is 0 Å². The van der Waals surface area contributed by atoms with Crippen LogP contribution in [-0.4, -0.2) is 4.83 Å². The Morgan fingerprint density at radius 3 is 2.67 bits per heavy atom. The number of hydrogen-bond donors (Lipinski definition) is 0. The van der Waals surface area contributed by atoms with Crippen molar-refractivity contribution in [3.8, 4) is 0 Å². The molecule has 1 unspecified atom stereocenters. The fourth-order valence-electron chi connectivity index (χ4n) is 1.06. The summed E-state index contributed by atoms with van der Waals surface area (Å²) in [6, 6.07) is 6.94. The first-order valence-corrected chi connectivity index (χ1v) is 4.99. The van der Waals surface area contributed by atoms with Gasteiger partial charge in [0.15, 0.2) is 0 Å². The lowest BCUT2D eigenvalue weighted by Gasteiger charge is -2.03. The van der Waals surface area contributed by atoms with Crippen LogP contribution in [0, 0.1) is 5.82 Å². The third-order valence-corrected chi connectivity index (χ3v) is 2.23. The van der Waals surface area contributed by atoms with Gasteiger partial charge in [-0.25, -0.2) is 4.39 Å². The van der Waals surface area contributed by atoms with Crippen molar-refractivity contribution in [3.05, 3.63) is 35.6 Å². The molecule has 0 aliphatic heterocycles. The molecule has 0 radical (unpaired) electrons. The molecule has 0 aromatic heterocycles. The summed E-state index contributed by atoms with van der Waals surface area (Å²) in [5.41, 5.74) is 0.809. The van der Waals surface area contributed by atoms with Gasteiger partial charge in [-0.15, -0.1) is 0 Å². The molecule has 0 heterocycles. The summed E-state index contributed by atoms with van der Waals surface area (Å²) in [7, 11) is 0. The number of hydrogen-bond acceptors (Lipinski definition) is 0. The highest BCUT2D eigenvalue weighted by atomic mass is 79.9. The van der Waals surface area contributed by atoms with Gasteiger partial charge in [0.2, 0.25) is 0 Å². The van der Waals surface area contributed by atoms with E-state index in [2.05, 4.69) is 22.9 Å². The molecule has 0 aliphatic rings. The molecule has 0 saturated carbocycles. The van der Waals surface area contributed by atoms with E-state index in [1.165, 1.54) is 6.07 Å². The largest absolute Gasteiger partial charge is 0.207 e. The predicted molar refractivity (Wildman–Crippen MR) is 53.1 cm³/mol. The van der Waals surface area contributed by atoms with E-state index in [4.69, 9.17) is 0 Å². The molecule has 0 bridgehead atoms. The topological polar surface area (TPSA) is 0 Å². The smallest absolute Gasteiger partial charge is 0.126 e. The van der Waals surface area contributed by atoms with Crippen LogP contribution in [-0.2, 0) is 6.42 Å². The minimum Gasteiger partial charge on any atom is -0.207 e. The second kappa shape index (κ2) is 4.61. The quantitative estimate of drug-likeness (QED) is 0.698. The van der Waals surface area contributed by atoms with Gasteiger partial charge in [-0.1, -0.05) is 41.1 Å². The van der Waals surface area contributed by atoms with E-state index in [1.54, 1.807) is 6.07 Å². The molecule has 0 saturated heterocycles. The van der Waals surface area contributed by atoms with E-state index in [0.29, 0.717) is 4.83 Å². The van der Waals surface area contributed by atoms with E-state index < -0.39 is 0 Å². The van der Waals surface area contributed by atoms with E-state index in [0.717, 1.165) is 18.4 Å². The number of alkyl halides is 1. The zero-order valence-electron chi connectivity index (χ0n) is 7.06. The second-order valence-corrected chi connectivity index (χ2v) is 4.47. The SMILES string of the molecule is CC(Br)CCc1ccccc1F. The molecule has 0 amide bonds. The summed E-state index contributed by atoms with van der Waals surface area (Å²) in [5, 5.41) is 0. The average molecular weight is 231 g/mol. The summed E-state index contributed by atoms with van der Waals surface area (Å²) in [6.45, 7) is 2.07. The van der Waals surface area contributed by atoms with Crippen LogP contribution in [0.2, 0.25) is 0 Å². The Labute approximate surface area is 80.9 Å². The minimum atomic E-state index is -0.0920. The van der Waals surface area contributed by atoms with Crippen LogP contribution >= 0.6 is 15.9 Å². The van der Waals surface area contributed by atoms with Crippen LogP contribution in [0.25, 0.3) is 0 Å². The Morgan fingerprint density at radius 2 is 2.08 bits per heavy atom. The highest BCUT2D eigenvalue weighted by Crippen LogP contribution is 2.12. The van der Waals surface area contributed by atoms with Crippen molar-refractivity contribution in [2.24, 2.45) is 0 Å². The van der Waals surface area contributed by atoms with Gasteiger partial charge in [0, 0.05) is 4.83 Å². The molecular formula is C10H12BrF. The fraction of sp³-hybridized carbons (Fsp3) is 0.400. The number of aryl methyl sites for hydroxylation is 1. The van der Waals surface area contributed by atoms with E-state index in [1.807, 2.05) is 12.1 Å². The Morgan fingerprint density at radius 1 is 1.42 bits per heavy atom. The Kier molecular flexibility index (Phi) is 3.73. The van der Waals surface area contributed by atoms with Gasteiger partial charge < -0.3 is 0 Å². The molecule has 1 rings (SSSR count). The van der Waals surface area contributed by atoms with Gasteiger partial charge in [-0.05, 0) is 24.5 Å². The van der Waals surface area contributed by atoms with E-state index in [9.17, 15) is 4.39 Å². The minimum absolute atomic E-state index is 0.0920. The van der Waals surface area contributed by atoms with E-state index in [-0.39, 0.29) is 5.82 Å². The Hall–Kier alpha value is -0.370. The van der Waals surface area contributed by atoms with Gasteiger partial charge in [0.1, 0.15) is 5.82 Å². The Balaban J connectivity index is 2.57. The molecule has 0 nitrogen and oxygen atoms in total. The van der Waals surface area contributed by atoms with Crippen molar-refractivity contribution in [1.29, 1.82) is 0 Å². The molecule has 0 fully saturated rings. The van der Waals surface area contributed by atoms with Gasteiger partial charge in [-0.2, -0.15) is 0 Å². The van der Waals surface area contributed by atoms with Gasteiger partial charge in [0.05, 0.1) is 0 Å². The summed E-state index contributed by atoms with van der Waals surface area (Å²) < 4.78 is 13.0. The van der Waals surface area contributed by atoms with Crippen LogP contribution in [0.4, 0.5) is 4.39 Å². The lowest BCUT2D eigenvalue weighted by molar-refractivity contribution is 0.604. The molecule has 1 aromatic carbocycles. The normalized spacial score (nSPS) is 12.9. The Bertz CT molecular complexity index is 245. The second-order valence-electron chi connectivity index (χ2n) is 2.91. The van der Waals surface area contributed by atoms with Gasteiger partial charge >= 0.3 is 0 Å². The van der Waals surface area contributed by atoms with Crippen LogP contribution in [0.3, 0.4) is 0 Å². The molecule has 0 aliphatic carbocycles. The first-order valence-electron chi connectivity index (χ1n) is 4.07. The highest BCUT2D eigenvalue weighted by Gasteiger charge is 2.01. The predicted octanol–water partition coefficient (Wildman–Crippen LogP) is 3.54. The van der Waals surface area contributed by atoms with Crippen LogP contribution in [0.15, 0.2) is 24.3 Å². The molecule has 0 spiro atoms. The summed E-state index contributed by atoms with van der Waals surface area (Å²) >= 11 is 3.43. The molecule has 0 N–H and O–H groups in total. The molecular weight excluding hydrogens is 219 g/mol. The third-order valence-electron chi connectivity index (χ3n) is 1.77. The van der Waals surface area contributed by atoms with Crippen LogP contribution in [0.5, 0.6) is 0 Å². The first kappa shape index (κ1) is 9.72. The number of benzene rings is 1. The highest BCUT2D eigenvalue weighted by molar-refractivity contribution is 9.09. The zero-order chi connectivity index (χ0) is 8.97. The van der Waals surface area contributed by atoms with Crippen LogP contribution < -0.4 is 0 Å². The van der Waals surface area contributed by atoms with Crippen molar-refractivity contribution >= 4 is 15.9 Å². The summed E-state index contributed by atoms with van der Waals surface area (Å²) in [6.07, 6.45) is 1.78. The fourth-order valence-corrected chi connectivity index (χ4v) is 1.28. The first-order chi connectivity index (χ1) is 5.70. The molecule has 2 heteroatoms. The summed E-state index contributed by atoms with van der Waals surface area (Å²) in [5.74, 6) is -0.0920. The maximum atomic E-state index is 13.0. The molecule has 1 atom stereocenters. The van der Waals surface area contributed by atoms with Crippen LogP contribution in [0.1, 0.15) is 18.9 Å². The maximum absolute atomic E-state index is 13.0. The van der Waals surface area contributed by atoms with Crippen molar-refractivity contribution < 1.29 is 4.39 Å². The van der Waals surface area contributed by atoms with Crippen molar-refractivity contribution in [2.75, 3.05) is 0 Å². The van der Waals surface area contributed by atoms with Gasteiger partial charge in [0.25, 0.3) is 0 Å². The lowest BCUT2D eigenvalue weighted by atomic mass is 10.1.